The van der Waals surface area contributed by atoms with E-state index in [4.69, 9.17) is 16.3 Å². The maximum Gasteiger partial charge on any atom is 0.184 e. The van der Waals surface area contributed by atoms with Crippen LogP contribution in [0.25, 0.3) is 0 Å². The normalized spacial score (nSPS) is 11.5. The van der Waals surface area contributed by atoms with E-state index in [-0.39, 0.29) is 5.78 Å². The molecule has 0 N–H and O–H groups in total. The zero-order valence-corrected chi connectivity index (χ0v) is 12.3. The van der Waals surface area contributed by atoms with Crippen LogP contribution in [0.2, 0.25) is 5.02 Å². The first kappa shape index (κ1) is 15.1. The first-order valence-electron chi connectivity index (χ1n) is 6.58. The monoisotopic (exact) mass is 299 g/mol. The van der Waals surface area contributed by atoms with Crippen LogP contribution in [0.3, 0.4) is 0 Å². The Morgan fingerprint density at radius 1 is 1.19 bits per heavy atom. The molecule has 0 aliphatic carbocycles. The Morgan fingerprint density at radius 3 is 2.33 bits per heavy atom. The Labute approximate surface area is 128 Å². The van der Waals surface area contributed by atoms with E-state index >= 15 is 0 Å². The van der Waals surface area contributed by atoms with Crippen LogP contribution in [0.5, 0.6) is 5.75 Å². The summed E-state index contributed by atoms with van der Waals surface area (Å²) in [4.78, 5) is 12.4. The lowest BCUT2D eigenvalue weighted by molar-refractivity contribution is 0.0979. The molecule has 0 saturated carbocycles. The molecule has 106 valence electrons. The molecule has 0 bridgehead atoms. The van der Waals surface area contributed by atoms with E-state index in [1.807, 2.05) is 6.92 Å². The molecule has 0 aliphatic heterocycles. The smallest absolute Gasteiger partial charge is 0.184 e. The molecule has 0 aliphatic rings. The fraction of sp³-hybridized carbons (Fsp3) is 0.176. The van der Waals surface area contributed by atoms with Crippen molar-refractivity contribution in [1.29, 1.82) is 5.26 Å². The lowest BCUT2D eigenvalue weighted by Crippen LogP contribution is -2.11. The number of rotatable bonds is 5. The first-order valence-corrected chi connectivity index (χ1v) is 6.95. The van der Waals surface area contributed by atoms with Gasteiger partial charge in [0.1, 0.15) is 11.7 Å². The number of benzene rings is 2. The Kier molecular flexibility index (Phi) is 4.97. The molecule has 0 spiro atoms. The van der Waals surface area contributed by atoms with Crippen molar-refractivity contribution in [1.82, 2.24) is 0 Å². The molecule has 0 aromatic heterocycles. The van der Waals surface area contributed by atoms with Crippen molar-refractivity contribution in [3.8, 4) is 11.8 Å². The number of carbonyl (C=O) groups is 1. The molecule has 1 atom stereocenters. The van der Waals surface area contributed by atoms with Gasteiger partial charge in [-0.1, -0.05) is 23.7 Å². The van der Waals surface area contributed by atoms with Gasteiger partial charge in [-0.25, -0.2) is 0 Å². The van der Waals surface area contributed by atoms with Crippen molar-refractivity contribution < 1.29 is 9.53 Å². The van der Waals surface area contributed by atoms with Crippen LogP contribution in [0, 0.1) is 11.3 Å². The summed E-state index contributed by atoms with van der Waals surface area (Å²) in [5.41, 5.74) is 1.13. The van der Waals surface area contributed by atoms with Gasteiger partial charge >= 0.3 is 0 Å². The highest BCUT2D eigenvalue weighted by atomic mass is 35.5. The van der Waals surface area contributed by atoms with E-state index in [1.54, 1.807) is 48.5 Å². The summed E-state index contributed by atoms with van der Waals surface area (Å²) in [7, 11) is 0. The lowest BCUT2D eigenvalue weighted by atomic mass is 9.92. The lowest BCUT2D eigenvalue weighted by Gasteiger charge is -2.09. The molecular weight excluding hydrogens is 286 g/mol. The number of carbonyl (C=O) groups excluding carboxylic acids is 1. The molecule has 3 nitrogen and oxygen atoms in total. The quantitative estimate of drug-likeness (QED) is 0.776. The standard InChI is InChI=1S/C17H14ClNO2/c1-2-21-15-9-5-13(6-10-15)17(20)16(11-19)12-3-7-14(18)8-4-12/h3-10,16H,2H2,1H3. The number of Topliss-reactive ketones (excluding diaryl/α,β-unsaturated/α-hetero) is 1. The Bertz CT molecular complexity index is 657. The molecule has 0 fully saturated rings. The van der Waals surface area contributed by atoms with Crippen molar-refractivity contribution in [3.63, 3.8) is 0 Å². The summed E-state index contributed by atoms with van der Waals surface area (Å²) >= 11 is 5.82. The van der Waals surface area contributed by atoms with Crippen molar-refractivity contribution in [3.05, 3.63) is 64.7 Å². The Balaban J connectivity index is 2.24. The average Bonchev–Trinajstić information content (AvgIpc) is 2.51. The Hall–Kier alpha value is -2.31. The van der Waals surface area contributed by atoms with Crippen LogP contribution < -0.4 is 4.74 Å². The third-order valence-electron chi connectivity index (χ3n) is 3.04. The van der Waals surface area contributed by atoms with Gasteiger partial charge in [-0.15, -0.1) is 0 Å². The molecule has 21 heavy (non-hydrogen) atoms. The zero-order valence-electron chi connectivity index (χ0n) is 11.5. The number of hydrogen-bond donors (Lipinski definition) is 0. The summed E-state index contributed by atoms with van der Waals surface area (Å²) in [6.07, 6.45) is 0. The van der Waals surface area contributed by atoms with Gasteiger partial charge in [0.2, 0.25) is 0 Å². The van der Waals surface area contributed by atoms with Crippen LogP contribution in [-0.2, 0) is 0 Å². The van der Waals surface area contributed by atoms with E-state index in [2.05, 4.69) is 6.07 Å². The van der Waals surface area contributed by atoms with Gasteiger partial charge in [-0.05, 0) is 48.9 Å². The number of halogens is 1. The zero-order chi connectivity index (χ0) is 15.2. The second-order valence-electron chi connectivity index (χ2n) is 4.44. The maximum atomic E-state index is 12.4. The summed E-state index contributed by atoms with van der Waals surface area (Å²) in [6.45, 7) is 2.46. The van der Waals surface area contributed by atoms with Crippen molar-refractivity contribution in [2.45, 2.75) is 12.8 Å². The molecule has 0 amide bonds. The molecule has 0 saturated heterocycles. The van der Waals surface area contributed by atoms with E-state index in [0.717, 1.165) is 0 Å². The van der Waals surface area contributed by atoms with E-state index in [0.29, 0.717) is 28.5 Å². The third kappa shape index (κ3) is 3.62. The maximum absolute atomic E-state index is 12.4. The molecule has 2 aromatic carbocycles. The minimum Gasteiger partial charge on any atom is -0.494 e. The van der Waals surface area contributed by atoms with Crippen molar-refractivity contribution >= 4 is 17.4 Å². The van der Waals surface area contributed by atoms with Gasteiger partial charge in [-0.3, -0.25) is 4.79 Å². The highest BCUT2D eigenvalue weighted by Gasteiger charge is 2.21. The summed E-state index contributed by atoms with van der Waals surface area (Å²) < 4.78 is 5.33. The second-order valence-corrected chi connectivity index (χ2v) is 4.87. The molecule has 2 aromatic rings. The molecular formula is C17H14ClNO2. The van der Waals surface area contributed by atoms with Crippen molar-refractivity contribution in [2.75, 3.05) is 6.61 Å². The molecule has 0 heterocycles. The minimum atomic E-state index is -0.833. The van der Waals surface area contributed by atoms with Gasteiger partial charge in [0.05, 0.1) is 12.7 Å². The summed E-state index contributed by atoms with van der Waals surface area (Å²) in [5.74, 6) is -0.364. The number of nitriles is 1. The van der Waals surface area contributed by atoms with Crippen LogP contribution in [-0.4, -0.2) is 12.4 Å². The van der Waals surface area contributed by atoms with Crippen molar-refractivity contribution in [2.24, 2.45) is 0 Å². The number of ether oxygens (including phenoxy) is 1. The highest BCUT2D eigenvalue weighted by Crippen LogP contribution is 2.23. The van der Waals surface area contributed by atoms with E-state index < -0.39 is 5.92 Å². The van der Waals surface area contributed by atoms with Gasteiger partial charge in [0.15, 0.2) is 5.78 Å². The van der Waals surface area contributed by atoms with Crippen LogP contribution in [0.15, 0.2) is 48.5 Å². The molecule has 1 unspecified atom stereocenters. The molecule has 2 rings (SSSR count). The minimum absolute atomic E-state index is 0.233. The number of ketones is 1. The summed E-state index contributed by atoms with van der Waals surface area (Å²) in [5, 5.41) is 9.86. The van der Waals surface area contributed by atoms with Gasteiger partial charge in [0.25, 0.3) is 0 Å². The van der Waals surface area contributed by atoms with Gasteiger partial charge in [-0.2, -0.15) is 5.26 Å². The molecule has 4 heteroatoms. The van der Waals surface area contributed by atoms with Crippen LogP contribution in [0.1, 0.15) is 28.8 Å². The first-order chi connectivity index (χ1) is 10.2. The summed E-state index contributed by atoms with van der Waals surface area (Å²) in [6, 6.07) is 15.6. The predicted molar refractivity (Wildman–Crippen MR) is 81.7 cm³/mol. The van der Waals surface area contributed by atoms with E-state index in [9.17, 15) is 10.1 Å². The predicted octanol–water partition coefficient (Wildman–Crippen LogP) is 4.23. The number of hydrogen-bond acceptors (Lipinski definition) is 3. The Morgan fingerprint density at radius 2 is 1.81 bits per heavy atom. The average molecular weight is 300 g/mol. The molecule has 0 radical (unpaired) electrons. The fourth-order valence-electron chi connectivity index (χ4n) is 1.99. The third-order valence-corrected chi connectivity index (χ3v) is 3.30. The highest BCUT2D eigenvalue weighted by molar-refractivity contribution is 6.30. The van der Waals surface area contributed by atoms with Crippen LogP contribution in [0.4, 0.5) is 0 Å². The van der Waals surface area contributed by atoms with Crippen LogP contribution >= 0.6 is 11.6 Å². The second kappa shape index (κ2) is 6.92. The van der Waals surface area contributed by atoms with Gasteiger partial charge in [0, 0.05) is 10.6 Å². The van der Waals surface area contributed by atoms with Gasteiger partial charge < -0.3 is 4.74 Å². The SMILES string of the molecule is CCOc1ccc(C(=O)C(C#N)c2ccc(Cl)cc2)cc1. The largest absolute Gasteiger partial charge is 0.494 e. The topological polar surface area (TPSA) is 50.1 Å². The van der Waals surface area contributed by atoms with E-state index in [1.165, 1.54) is 0 Å². The fourth-order valence-corrected chi connectivity index (χ4v) is 2.11. The number of nitrogens with zero attached hydrogens (tertiary/aromatic N) is 1.